The number of anilines is 1. The van der Waals surface area contributed by atoms with E-state index in [0.717, 1.165) is 6.54 Å². The molecule has 1 aliphatic heterocycles. The predicted octanol–water partition coefficient (Wildman–Crippen LogP) is -1.48. The minimum atomic E-state index is -0.545. The average molecular weight is 256 g/mol. The number of rotatable bonds is 5. The van der Waals surface area contributed by atoms with Crippen molar-refractivity contribution in [1.29, 1.82) is 0 Å². The molecule has 0 bridgehead atoms. The Hall–Kier alpha value is -1.15. The lowest BCUT2D eigenvalue weighted by molar-refractivity contribution is -0.0453. The number of hydrogen-bond donors (Lipinski definition) is 3. The Balaban J connectivity index is 1.84. The van der Waals surface area contributed by atoms with E-state index in [0.29, 0.717) is 32.0 Å². The molecule has 7 heteroatoms. The number of morpholine rings is 1. The van der Waals surface area contributed by atoms with Gasteiger partial charge >= 0.3 is 0 Å². The molecular weight excluding hydrogens is 236 g/mol. The van der Waals surface area contributed by atoms with Crippen molar-refractivity contribution in [1.82, 2.24) is 14.7 Å². The van der Waals surface area contributed by atoms with Crippen LogP contribution in [0.3, 0.4) is 0 Å². The number of aliphatic hydroxyl groups excluding tert-OH is 2. The van der Waals surface area contributed by atoms with Gasteiger partial charge in [-0.2, -0.15) is 5.10 Å². The summed E-state index contributed by atoms with van der Waals surface area (Å²) < 4.78 is 6.91. The minimum absolute atomic E-state index is 0.0314. The zero-order valence-corrected chi connectivity index (χ0v) is 10.3. The van der Waals surface area contributed by atoms with Crippen LogP contribution < -0.4 is 5.73 Å². The van der Waals surface area contributed by atoms with E-state index in [1.807, 2.05) is 4.90 Å². The third-order valence-corrected chi connectivity index (χ3v) is 3.06. The van der Waals surface area contributed by atoms with E-state index in [1.54, 1.807) is 17.1 Å². The van der Waals surface area contributed by atoms with Crippen LogP contribution in [0.25, 0.3) is 0 Å². The molecule has 0 radical (unpaired) electrons. The quantitative estimate of drug-likeness (QED) is 0.594. The highest BCUT2D eigenvalue weighted by Crippen LogP contribution is 2.08. The second-order valence-corrected chi connectivity index (χ2v) is 4.56. The van der Waals surface area contributed by atoms with Crippen molar-refractivity contribution in [2.75, 3.05) is 38.6 Å². The Bertz CT molecular complexity index is 371. The van der Waals surface area contributed by atoms with E-state index < -0.39 is 6.10 Å². The number of hydrogen-bond acceptors (Lipinski definition) is 6. The molecule has 4 N–H and O–H groups in total. The summed E-state index contributed by atoms with van der Waals surface area (Å²) in [7, 11) is 0. The second-order valence-electron chi connectivity index (χ2n) is 4.56. The van der Waals surface area contributed by atoms with Gasteiger partial charge in [-0.3, -0.25) is 9.58 Å². The van der Waals surface area contributed by atoms with Crippen molar-refractivity contribution in [3.8, 4) is 0 Å². The van der Waals surface area contributed by atoms with Gasteiger partial charge in [0, 0.05) is 19.3 Å². The van der Waals surface area contributed by atoms with Crippen LogP contribution in [0.5, 0.6) is 0 Å². The number of ether oxygens (including phenoxy) is 1. The molecule has 2 rings (SSSR count). The summed E-state index contributed by atoms with van der Waals surface area (Å²) in [6, 6.07) is -0.0314. The summed E-state index contributed by atoms with van der Waals surface area (Å²) in [5, 5.41) is 23.3. The van der Waals surface area contributed by atoms with Crippen molar-refractivity contribution in [3.63, 3.8) is 0 Å². The molecule has 0 amide bonds. The lowest BCUT2D eigenvalue weighted by Gasteiger charge is -2.35. The Morgan fingerprint density at radius 1 is 1.56 bits per heavy atom. The Morgan fingerprint density at radius 3 is 3.06 bits per heavy atom. The largest absolute Gasteiger partial charge is 0.396 e. The molecule has 1 saturated heterocycles. The fraction of sp³-hybridized carbons (Fsp3) is 0.727. The maximum Gasteiger partial charge on any atom is 0.0862 e. The zero-order chi connectivity index (χ0) is 13.0. The monoisotopic (exact) mass is 256 g/mol. The van der Waals surface area contributed by atoms with Crippen LogP contribution in [-0.4, -0.2) is 69.9 Å². The van der Waals surface area contributed by atoms with Gasteiger partial charge in [0.2, 0.25) is 0 Å². The van der Waals surface area contributed by atoms with Gasteiger partial charge in [-0.15, -0.1) is 0 Å². The van der Waals surface area contributed by atoms with Gasteiger partial charge < -0.3 is 20.7 Å². The molecule has 1 aliphatic rings. The van der Waals surface area contributed by atoms with Gasteiger partial charge in [-0.25, -0.2) is 0 Å². The molecule has 1 fully saturated rings. The van der Waals surface area contributed by atoms with Crippen LogP contribution in [0.1, 0.15) is 0 Å². The summed E-state index contributed by atoms with van der Waals surface area (Å²) in [4.78, 5) is 2.04. The lowest BCUT2D eigenvalue weighted by Crippen LogP contribution is -2.50. The van der Waals surface area contributed by atoms with Gasteiger partial charge in [-0.05, 0) is 0 Å². The third-order valence-electron chi connectivity index (χ3n) is 3.06. The summed E-state index contributed by atoms with van der Waals surface area (Å²) in [6.45, 7) is 2.81. The van der Waals surface area contributed by atoms with Crippen molar-refractivity contribution in [2.45, 2.75) is 18.7 Å². The zero-order valence-electron chi connectivity index (χ0n) is 10.3. The molecule has 0 saturated carbocycles. The lowest BCUT2D eigenvalue weighted by atomic mass is 10.2. The fourth-order valence-electron chi connectivity index (χ4n) is 2.12. The van der Waals surface area contributed by atoms with Crippen molar-refractivity contribution in [2.24, 2.45) is 0 Å². The van der Waals surface area contributed by atoms with Gasteiger partial charge in [0.1, 0.15) is 0 Å². The molecular formula is C11H20N4O3. The highest BCUT2D eigenvalue weighted by atomic mass is 16.5. The summed E-state index contributed by atoms with van der Waals surface area (Å²) >= 11 is 0. The van der Waals surface area contributed by atoms with Crippen LogP contribution in [0, 0.1) is 0 Å². The van der Waals surface area contributed by atoms with Gasteiger partial charge in [-0.1, -0.05) is 0 Å². The molecule has 0 spiro atoms. The number of β-amino-alcohol motifs (C(OH)–C–C–N with tert-alkyl or cyclic N) is 1. The highest BCUT2D eigenvalue weighted by molar-refractivity contribution is 5.30. The fourth-order valence-corrected chi connectivity index (χ4v) is 2.12. The van der Waals surface area contributed by atoms with E-state index in [2.05, 4.69) is 5.10 Å². The molecule has 7 nitrogen and oxygen atoms in total. The first-order chi connectivity index (χ1) is 8.69. The van der Waals surface area contributed by atoms with E-state index in [-0.39, 0.29) is 12.6 Å². The first-order valence-corrected chi connectivity index (χ1v) is 6.07. The smallest absolute Gasteiger partial charge is 0.0862 e. The van der Waals surface area contributed by atoms with Crippen molar-refractivity contribution in [3.05, 3.63) is 12.4 Å². The molecule has 2 unspecified atom stereocenters. The van der Waals surface area contributed by atoms with Crippen LogP contribution in [-0.2, 0) is 11.3 Å². The predicted molar refractivity (Wildman–Crippen MR) is 65.9 cm³/mol. The third kappa shape index (κ3) is 3.42. The first-order valence-electron chi connectivity index (χ1n) is 6.07. The van der Waals surface area contributed by atoms with Crippen LogP contribution in [0.4, 0.5) is 5.69 Å². The molecule has 1 aromatic heterocycles. The summed E-state index contributed by atoms with van der Waals surface area (Å²) in [6.07, 6.45) is 2.70. The van der Waals surface area contributed by atoms with E-state index >= 15 is 0 Å². The standard InChI is InChI=1S/C11H20N4O3/c12-9-3-13-15(4-9)6-11(17)5-14-1-2-18-8-10(14)7-16/h3-4,10-11,16-17H,1-2,5-8,12H2. The Morgan fingerprint density at radius 2 is 2.39 bits per heavy atom. The minimum Gasteiger partial charge on any atom is -0.396 e. The SMILES string of the molecule is Nc1cnn(CC(O)CN2CCOCC2CO)c1. The molecule has 2 atom stereocenters. The van der Waals surface area contributed by atoms with E-state index in [1.165, 1.54) is 0 Å². The number of aliphatic hydroxyl groups is 2. The average Bonchev–Trinajstić information content (AvgIpc) is 2.75. The van der Waals surface area contributed by atoms with E-state index in [4.69, 9.17) is 10.5 Å². The van der Waals surface area contributed by atoms with Crippen LogP contribution in [0.2, 0.25) is 0 Å². The Kier molecular flexibility index (Phi) is 4.54. The normalized spacial score (nSPS) is 23.1. The molecule has 0 aromatic carbocycles. The summed E-state index contributed by atoms with van der Waals surface area (Å²) in [5.74, 6) is 0. The number of nitrogen functional groups attached to an aromatic ring is 1. The van der Waals surface area contributed by atoms with Gasteiger partial charge in [0.15, 0.2) is 0 Å². The molecule has 2 heterocycles. The van der Waals surface area contributed by atoms with E-state index in [9.17, 15) is 10.2 Å². The summed E-state index contributed by atoms with van der Waals surface area (Å²) in [5.41, 5.74) is 6.14. The maximum atomic E-state index is 10.0. The number of aromatic nitrogens is 2. The van der Waals surface area contributed by atoms with Gasteiger partial charge in [0.25, 0.3) is 0 Å². The molecule has 102 valence electrons. The van der Waals surface area contributed by atoms with Crippen molar-refractivity contribution < 1.29 is 14.9 Å². The molecule has 1 aromatic rings. The molecule has 18 heavy (non-hydrogen) atoms. The number of nitrogens with zero attached hydrogens (tertiary/aromatic N) is 3. The topological polar surface area (TPSA) is 96.8 Å². The van der Waals surface area contributed by atoms with Crippen molar-refractivity contribution >= 4 is 5.69 Å². The molecule has 0 aliphatic carbocycles. The maximum absolute atomic E-state index is 10.0. The second kappa shape index (κ2) is 6.14. The highest BCUT2D eigenvalue weighted by Gasteiger charge is 2.24. The first kappa shape index (κ1) is 13.3. The van der Waals surface area contributed by atoms with Crippen LogP contribution >= 0.6 is 0 Å². The number of nitrogens with two attached hydrogens (primary N) is 1. The van der Waals surface area contributed by atoms with Gasteiger partial charge in [0.05, 0.1) is 50.4 Å². The van der Waals surface area contributed by atoms with Crippen LogP contribution in [0.15, 0.2) is 12.4 Å². The Labute approximate surface area is 106 Å².